The number of hydrogen-bond acceptors (Lipinski definition) is 2. The highest BCUT2D eigenvalue weighted by atomic mass is 35.5. The van der Waals surface area contributed by atoms with E-state index in [4.69, 9.17) is 16.3 Å². The molecule has 1 fully saturated rings. The van der Waals surface area contributed by atoms with E-state index in [2.05, 4.69) is 28.9 Å². The molecule has 3 heteroatoms. The topological polar surface area (TPSA) is 12.5 Å². The summed E-state index contributed by atoms with van der Waals surface area (Å²) in [5.74, 6) is 6.28. The lowest BCUT2D eigenvalue weighted by molar-refractivity contribution is 0.122. The average molecular weight is 236 g/mol. The van der Waals surface area contributed by atoms with Crippen LogP contribution in [0.4, 0.5) is 5.69 Å². The Morgan fingerprint density at radius 1 is 1.31 bits per heavy atom. The summed E-state index contributed by atoms with van der Waals surface area (Å²) in [7, 11) is 0. The number of hydrogen-bond donors (Lipinski definition) is 0. The summed E-state index contributed by atoms with van der Waals surface area (Å²) < 4.78 is 5.33. The SMILES string of the molecule is ClCC#Cc1cccc(N2CCOCC2)c1. The zero-order valence-corrected chi connectivity index (χ0v) is 9.83. The van der Waals surface area contributed by atoms with Gasteiger partial charge in [0.05, 0.1) is 19.1 Å². The van der Waals surface area contributed by atoms with Gasteiger partial charge in [-0.3, -0.25) is 0 Å². The number of anilines is 1. The molecule has 0 N–H and O–H groups in total. The van der Waals surface area contributed by atoms with Gasteiger partial charge >= 0.3 is 0 Å². The Hall–Kier alpha value is -1.17. The van der Waals surface area contributed by atoms with Crippen molar-refractivity contribution in [1.82, 2.24) is 0 Å². The Morgan fingerprint density at radius 3 is 2.88 bits per heavy atom. The molecule has 0 radical (unpaired) electrons. The summed E-state index contributed by atoms with van der Waals surface area (Å²) >= 11 is 5.54. The molecule has 0 amide bonds. The largest absolute Gasteiger partial charge is 0.378 e. The number of morpholine rings is 1. The van der Waals surface area contributed by atoms with Crippen LogP contribution < -0.4 is 4.90 Å². The quantitative estimate of drug-likeness (QED) is 0.546. The van der Waals surface area contributed by atoms with Crippen molar-refractivity contribution in [3.05, 3.63) is 29.8 Å². The van der Waals surface area contributed by atoms with E-state index in [1.165, 1.54) is 5.69 Å². The lowest BCUT2D eigenvalue weighted by atomic mass is 10.2. The summed E-state index contributed by atoms with van der Waals surface area (Å²) in [4.78, 5) is 2.31. The number of benzene rings is 1. The minimum Gasteiger partial charge on any atom is -0.378 e. The normalized spacial score (nSPS) is 15.4. The summed E-state index contributed by atoms with van der Waals surface area (Å²) in [6.45, 7) is 3.51. The molecule has 16 heavy (non-hydrogen) atoms. The minimum absolute atomic E-state index is 0.377. The Labute approximate surface area is 101 Å². The minimum atomic E-state index is 0.377. The molecule has 1 aromatic rings. The Balaban J connectivity index is 2.14. The molecule has 0 aromatic heterocycles. The van der Waals surface area contributed by atoms with Crippen molar-refractivity contribution in [2.24, 2.45) is 0 Å². The van der Waals surface area contributed by atoms with Gasteiger partial charge in [0.2, 0.25) is 0 Å². The molecule has 0 unspecified atom stereocenters. The highest BCUT2D eigenvalue weighted by Gasteiger charge is 2.10. The van der Waals surface area contributed by atoms with E-state index >= 15 is 0 Å². The molecular formula is C13H14ClNO. The number of nitrogens with zero attached hydrogens (tertiary/aromatic N) is 1. The number of halogens is 1. The summed E-state index contributed by atoms with van der Waals surface area (Å²) in [5.41, 5.74) is 2.23. The maximum Gasteiger partial charge on any atom is 0.0839 e. The smallest absolute Gasteiger partial charge is 0.0839 e. The Morgan fingerprint density at radius 2 is 2.12 bits per heavy atom. The first kappa shape index (κ1) is 11.3. The van der Waals surface area contributed by atoms with Crippen LogP contribution in [0.3, 0.4) is 0 Å². The van der Waals surface area contributed by atoms with Crippen LogP contribution in [0.15, 0.2) is 24.3 Å². The van der Waals surface area contributed by atoms with Gasteiger partial charge in [-0.2, -0.15) is 0 Å². The van der Waals surface area contributed by atoms with Crippen molar-refractivity contribution in [1.29, 1.82) is 0 Å². The highest BCUT2D eigenvalue weighted by Crippen LogP contribution is 2.16. The third kappa shape index (κ3) is 2.91. The number of alkyl halides is 1. The predicted octanol–water partition coefficient (Wildman–Crippen LogP) is 2.11. The fourth-order valence-electron chi connectivity index (χ4n) is 1.74. The van der Waals surface area contributed by atoms with E-state index in [1.54, 1.807) is 0 Å². The summed E-state index contributed by atoms with van der Waals surface area (Å²) in [5, 5.41) is 0. The van der Waals surface area contributed by atoms with Gasteiger partial charge in [-0.25, -0.2) is 0 Å². The molecule has 1 aliphatic rings. The van der Waals surface area contributed by atoms with Crippen LogP contribution in [0.1, 0.15) is 5.56 Å². The van der Waals surface area contributed by atoms with Crippen molar-refractivity contribution in [3.8, 4) is 11.8 Å². The maximum absolute atomic E-state index is 5.54. The lowest BCUT2D eigenvalue weighted by Crippen LogP contribution is -2.36. The molecule has 2 nitrogen and oxygen atoms in total. The van der Waals surface area contributed by atoms with Gasteiger partial charge in [-0.1, -0.05) is 17.9 Å². The van der Waals surface area contributed by atoms with E-state index in [9.17, 15) is 0 Å². The first-order chi connectivity index (χ1) is 7.90. The van der Waals surface area contributed by atoms with Gasteiger partial charge < -0.3 is 9.64 Å². The molecular weight excluding hydrogens is 222 g/mol. The average Bonchev–Trinajstić information content (AvgIpc) is 2.38. The van der Waals surface area contributed by atoms with Crippen LogP contribution in [0.5, 0.6) is 0 Å². The van der Waals surface area contributed by atoms with Crippen LogP contribution in [0, 0.1) is 11.8 Å². The lowest BCUT2D eigenvalue weighted by Gasteiger charge is -2.28. The van der Waals surface area contributed by atoms with Gasteiger partial charge in [-0.15, -0.1) is 11.6 Å². The number of rotatable bonds is 1. The third-order valence-electron chi connectivity index (χ3n) is 2.52. The molecule has 0 bridgehead atoms. The van der Waals surface area contributed by atoms with Gasteiger partial charge in [-0.05, 0) is 18.2 Å². The fourth-order valence-corrected chi connectivity index (χ4v) is 1.80. The van der Waals surface area contributed by atoms with Crippen LogP contribution in [0.25, 0.3) is 0 Å². The predicted molar refractivity (Wildman–Crippen MR) is 67.1 cm³/mol. The van der Waals surface area contributed by atoms with Crippen molar-refractivity contribution >= 4 is 17.3 Å². The summed E-state index contributed by atoms with van der Waals surface area (Å²) in [6, 6.07) is 8.24. The zero-order valence-electron chi connectivity index (χ0n) is 9.08. The van der Waals surface area contributed by atoms with Gasteiger partial charge in [0.15, 0.2) is 0 Å². The van der Waals surface area contributed by atoms with Crippen LogP contribution in [-0.4, -0.2) is 32.2 Å². The van der Waals surface area contributed by atoms with E-state index in [-0.39, 0.29) is 0 Å². The van der Waals surface area contributed by atoms with E-state index < -0.39 is 0 Å². The van der Waals surface area contributed by atoms with E-state index in [0.29, 0.717) is 5.88 Å². The molecule has 2 rings (SSSR count). The second kappa shape index (κ2) is 5.79. The second-order valence-electron chi connectivity index (χ2n) is 3.59. The summed E-state index contributed by atoms with van der Waals surface area (Å²) in [6.07, 6.45) is 0. The van der Waals surface area contributed by atoms with Crippen molar-refractivity contribution < 1.29 is 4.74 Å². The van der Waals surface area contributed by atoms with Gasteiger partial charge in [0.25, 0.3) is 0 Å². The second-order valence-corrected chi connectivity index (χ2v) is 3.85. The Bertz CT molecular complexity index is 402. The van der Waals surface area contributed by atoms with Crippen molar-refractivity contribution in [3.63, 3.8) is 0 Å². The van der Waals surface area contributed by atoms with E-state index in [0.717, 1.165) is 31.9 Å². The molecule has 1 aromatic carbocycles. The molecule has 1 aliphatic heterocycles. The van der Waals surface area contributed by atoms with Crippen molar-refractivity contribution in [2.45, 2.75) is 0 Å². The molecule has 1 saturated heterocycles. The van der Waals surface area contributed by atoms with Gasteiger partial charge in [0, 0.05) is 24.3 Å². The molecule has 0 saturated carbocycles. The fraction of sp³-hybridized carbons (Fsp3) is 0.385. The first-order valence-corrected chi connectivity index (χ1v) is 5.91. The molecule has 0 atom stereocenters. The third-order valence-corrected chi connectivity index (χ3v) is 2.66. The van der Waals surface area contributed by atoms with Crippen molar-refractivity contribution in [2.75, 3.05) is 37.1 Å². The van der Waals surface area contributed by atoms with Crippen LogP contribution in [-0.2, 0) is 4.74 Å². The standard InChI is InChI=1S/C13H14ClNO/c14-6-2-4-12-3-1-5-13(11-12)15-7-9-16-10-8-15/h1,3,5,11H,6-10H2. The Kier molecular flexibility index (Phi) is 4.10. The van der Waals surface area contributed by atoms with Crippen LogP contribution in [0.2, 0.25) is 0 Å². The maximum atomic E-state index is 5.54. The highest BCUT2D eigenvalue weighted by molar-refractivity contribution is 6.19. The van der Waals surface area contributed by atoms with Crippen LogP contribution >= 0.6 is 11.6 Å². The molecule has 1 heterocycles. The zero-order chi connectivity index (χ0) is 11.2. The first-order valence-electron chi connectivity index (χ1n) is 5.38. The molecule has 0 aliphatic carbocycles. The monoisotopic (exact) mass is 235 g/mol. The van der Waals surface area contributed by atoms with E-state index in [1.807, 2.05) is 12.1 Å². The molecule has 84 valence electrons. The van der Waals surface area contributed by atoms with Gasteiger partial charge in [0.1, 0.15) is 0 Å². The number of ether oxygens (including phenoxy) is 1. The molecule has 0 spiro atoms.